The van der Waals surface area contributed by atoms with E-state index in [2.05, 4.69) is 11.1 Å². The standard InChI is InChI=1S/C17H20N4O3/c18-10-12-14(19)20-15(21-6-8-23-9-7-21)17(12)11-4-2-1-3-5-13(11)24-16(17)22/h1-9,19H2. The fourth-order valence-electron chi connectivity index (χ4n) is 4.14. The lowest BCUT2D eigenvalue weighted by atomic mass is 9.72. The minimum absolute atomic E-state index is 0.133. The Morgan fingerprint density at radius 1 is 1.21 bits per heavy atom. The third-order valence-corrected chi connectivity index (χ3v) is 5.26. The molecule has 0 aromatic carbocycles. The first kappa shape index (κ1) is 15.2. The summed E-state index contributed by atoms with van der Waals surface area (Å²) < 4.78 is 11.1. The molecule has 0 bridgehead atoms. The number of hydrogen-bond donors (Lipinski definition) is 1. The topological polar surface area (TPSA) is 101 Å². The van der Waals surface area contributed by atoms with Gasteiger partial charge in [0.15, 0.2) is 5.41 Å². The molecule has 4 aliphatic rings. The van der Waals surface area contributed by atoms with Crippen molar-refractivity contribution in [3.8, 4) is 6.07 Å². The molecule has 1 aliphatic carbocycles. The summed E-state index contributed by atoms with van der Waals surface area (Å²) in [6.45, 7) is 2.39. The van der Waals surface area contributed by atoms with Crippen molar-refractivity contribution in [3.63, 3.8) is 0 Å². The SMILES string of the molecule is N#CC1=C(N)N=C(N2CCOCC2)C12C(=O)OC1=C2CCCCC1. The van der Waals surface area contributed by atoms with Crippen LogP contribution in [0.1, 0.15) is 32.1 Å². The number of allylic oxidation sites excluding steroid dienone is 1. The minimum Gasteiger partial charge on any atom is -0.430 e. The molecule has 0 saturated carbocycles. The molecule has 0 radical (unpaired) electrons. The number of esters is 1. The fraction of sp³-hybridized carbons (Fsp3) is 0.588. The van der Waals surface area contributed by atoms with E-state index in [9.17, 15) is 10.1 Å². The number of carbonyl (C=O) groups excluding carboxylic acids is 1. The average Bonchev–Trinajstić information content (AvgIpc) is 2.91. The summed E-state index contributed by atoms with van der Waals surface area (Å²) in [7, 11) is 0. The zero-order valence-corrected chi connectivity index (χ0v) is 13.5. The van der Waals surface area contributed by atoms with Gasteiger partial charge in [-0.2, -0.15) is 5.26 Å². The van der Waals surface area contributed by atoms with Gasteiger partial charge in [-0.3, -0.25) is 0 Å². The first-order valence-electron chi connectivity index (χ1n) is 8.46. The summed E-state index contributed by atoms with van der Waals surface area (Å²) in [6.07, 6.45) is 4.53. The van der Waals surface area contributed by atoms with Crippen LogP contribution in [-0.4, -0.2) is 43.0 Å². The third-order valence-electron chi connectivity index (χ3n) is 5.26. The average molecular weight is 328 g/mol. The lowest BCUT2D eigenvalue weighted by Crippen LogP contribution is -2.51. The monoisotopic (exact) mass is 328 g/mol. The Hall–Kier alpha value is -2.33. The molecule has 7 nitrogen and oxygen atoms in total. The van der Waals surface area contributed by atoms with Gasteiger partial charge >= 0.3 is 5.97 Å². The van der Waals surface area contributed by atoms with Gasteiger partial charge in [0.05, 0.1) is 13.2 Å². The molecular formula is C17H20N4O3. The molecule has 1 fully saturated rings. The van der Waals surface area contributed by atoms with E-state index in [1.165, 1.54) is 0 Å². The molecular weight excluding hydrogens is 308 g/mol. The molecule has 1 saturated heterocycles. The fourth-order valence-corrected chi connectivity index (χ4v) is 4.14. The van der Waals surface area contributed by atoms with Crippen LogP contribution in [0.4, 0.5) is 0 Å². The Morgan fingerprint density at radius 3 is 2.71 bits per heavy atom. The van der Waals surface area contributed by atoms with Crippen LogP contribution in [0.2, 0.25) is 0 Å². The first-order chi connectivity index (χ1) is 11.7. The third kappa shape index (κ3) is 1.93. The highest BCUT2D eigenvalue weighted by atomic mass is 16.5. The highest BCUT2D eigenvalue weighted by molar-refractivity contribution is 6.16. The van der Waals surface area contributed by atoms with E-state index in [1.807, 2.05) is 4.90 Å². The van der Waals surface area contributed by atoms with Crippen molar-refractivity contribution in [3.05, 3.63) is 22.7 Å². The maximum absolute atomic E-state index is 13.0. The quantitative estimate of drug-likeness (QED) is 0.670. The predicted molar refractivity (Wildman–Crippen MR) is 85.3 cm³/mol. The summed E-state index contributed by atoms with van der Waals surface area (Å²) in [6, 6.07) is 2.15. The molecule has 0 aromatic rings. The second-order valence-electron chi connectivity index (χ2n) is 6.51. The van der Waals surface area contributed by atoms with Crippen LogP contribution in [-0.2, 0) is 14.3 Å². The molecule has 2 N–H and O–H groups in total. The van der Waals surface area contributed by atoms with Gasteiger partial charge in [0.1, 0.15) is 29.1 Å². The molecule has 3 aliphatic heterocycles. The summed E-state index contributed by atoms with van der Waals surface area (Å²) in [5.41, 5.74) is 5.94. The molecule has 7 heteroatoms. The van der Waals surface area contributed by atoms with Gasteiger partial charge < -0.3 is 20.1 Å². The van der Waals surface area contributed by atoms with Gasteiger partial charge in [-0.1, -0.05) is 6.42 Å². The number of nitrogens with two attached hydrogens (primary N) is 1. The minimum atomic E-state index is -1.23. The number of aliphatic imine (C=N–C) groups is 1. The lowest BCUT2D eigenvalue weighted by Gasteiger charge is -2.36. The molecule has 24 heavy (non-hydrogen) atoms. The van der Waals surface area contributed by atoms with Crippen LogP contribution >= 0.6 is 0 Å². The zero-order chi connectivity index (χ0) is 16.7. The van der Waals surface area contributed by atoms with E-state index in [4.69, 9.17) is 15.2 Å². The second kappa shape index (κ2) is 5.64. The highest BCUT2D eigenvalue weighted by Crippen LogP contribution is 2.53. The number of amidine groups is 1. The van der Waals surface area contributed by atoms with Crippen molar-refractivity contribution < 1.29 is 14.3 Å². The van der Waals surface area contributed by atoms with Crippen molar-refractivity contribution >= 4 is 11.8 Å². The van der Waals surface area contributed by atoms with Gasteiger partial charge in [0.2, 0.25) is 0 Å². The largest absolute Gasteiger partial charge is 0.430 e. The lowest BCUT2D eigenvalue weighted by molar-refractivity contribution is -0.141. The molecule has 1 spiro atoms. The van der Waals surface area contributed by atoms with E-state index < -0.39 is 11.4 Å². The first-order valence-corrected chi connectivity index (χ1v) is 8.46. The van der Waals surface area contributed by atoms with Crippen LogP contribution in [0.3, 0.4) is 0 Å². The smallest absolute Gasteiger partial charge is 0.334 e. The Balaban J connectivity index is 1.87. The molecule has 0 aromatic heterocycles. The normalized spacial score (nSPS) is 30.2. The summed E-state index contributed by atoms with van der Waals surface area (Å²) in [5, 5.41) is 9.72. The molecule has 1 unspecified atom stereocenters. The number of hydrogen-bond acceptors (Lipinski definition) is 7. The van der Waals surface area contributed by atoms with Crippen molar-refractivity contribution in [2.75, 3.05) is 26.3 Å². The van der Waals surface area contributed by atoms with E-state index >= 15 is 0 Å². The highest BCUT2D eigenvalue weighted by Gasteiger charge is 2.62. The molecule has 126 valence electrons. The number of nitriles is 1. The van der Waals surface area contributed by atoms with Crippen LogP contribution in [0, 0.1) is 16.7 Å². The maximum atomic E-state index is 13.0. The molecule has 3 heterocycles. The van der Waals surface area contributed by atoms with Crippen molar-refractivity contribution in [2.45, 2.75) is 32.1 Å². The predicted octanol–water partition coefficient (Wildman–Crippen LogP) is 1.19. The van der Waals surface area contributed by atoms with Crippen molar-refractivity contribution in [2.24, 2.45) is 16.1 Å². The van der Waals surface area contributed by atoms with Crippen LogP contribution in [0.25, 0.3) is 0 Å². The Kier molecular flexibility index (Phi) is 3.57. The Labute approximate surface area is 140 Å². The zero-order valence-electron chi connectivity index (χ0n) is 13.5. The van der Waals surface area contributed by atoms with E-state index in [0.29, 0.717) is 32.1 Å². The number of morpholine rings is 1. The van der Waals surface area contributed by atoms with Crippen molar-refractivity contribution in [1.82, 2.24) is 4.90 Å². The van der Waals surface area contributed by atoms with Gasteiger partial charge in [-0.25, -0.2) is 9.79 Å². The van der Waals surface area contributed by atoms with Gasteiger partial charge in [0.25, 0.3) is 0 Å². The van der Waals surface area contributed by atoms with Crippen LogP contribution in [0.15, 0.2) is 27.7 Å². The number of nitrogens with zero attached hydrogens (tertiary/aromatic N) is 3. The van der Waals surface area contributed by atoms with E-state index in [0.717, 1.165) is 43.4 Å². The van der Waals surface area contributed by atoms with Crippen LogP contribution in [0.5, 0.6) is 0 Å². The van der Waals surface area contributed by atoms with E-state index in [-0.39, 0.29) is 11.4 Å². The second-order valence-corrected chi connectivity index (χ2v) is 6.51. The van der Waals surface area contributed by atoms with Gasteiger partial charge in [0, 0.05) is 19.5 Å². The van der Waals surface area contributed by atoms with Gasteiger partial charge in [-0.05, 0) is 24.8 Å². The summed E-state index contributed by atoms with van der Waals surface area (Å²) in [5.74, 6) is 0.989. The summed E-state index contributed by atoms with van der Waals surface area (Å²) in [4.78, 5) is 19.5. The maximum Gasteiger partial charge on any atom is 0.334 e. The molecule has 4 rings (SSSR count). The van der Waals surface area contributed by atoms with Gasteiger partial charge in [-0.15, -0.1) is 0 Å². The van der Waals surface area contributed by atoms with Crippen molar-refractivity contribution in [1.29, 1.82) is 5.26 Å². The molecule has 1 atom stereocenters. The number of ether oxygens (including phenoxy) is 2. The Morgan fingerprint density at radius 2 is 1.96 bits per heavy atom. The number of rotatable bonds is 0. The van der Waals surface area contributed by atoms with Crippen LogP contribution < -0.4 is 5.73 Å². The number of fused-ring (bicyclic) bond motifs is 1. The van der Waals surface area contributed by atoms with E-state index in [1.54, 1.807) is 0 Å². The summed E-state index contributed by atoms with van der Waals surface area (Å²) >= 11 is 0. The Bertz CT molecular complexity index is 725. The number of carbonyl (C=O) groups is 1. The molecule has 0 amide bonds.